The predicted molar refractivity (Wildman–Crippen MR) is 72.2 cm³/mol. The predicted octanol–water partition coefficient (Wildman–Crippen LogP) is 2.28. The summed E-state index contributed by atoms with van der Waals surface area (Å²) in [5, 5.41) is 11.6. The summed E-state index contributed by atoms with van der Waals surface area (Å²) in [7, 11) is 1.64. The van der Waals surface area contributed by atoms with E-state index in [0.717, 1.165) is 6.42 Å². The Bertz CT molecular complexity index is 356. The van der Waals surface area contributed by atoms with Crippen molar-refractivity contribution in [3.05, 3.63) is 17.0 Å². The molecule has 0 amide bonds. The van der Waals surface area contributed by atoms with Crippen LogP contribution in [0.5, 0.6) is 0 Å². The van der Waals surface area contributed by atoms with Crippen molar-refractivity contribution in [2.24, 2.45) is 0 Å². The highest BCUT2D eigenvalue weighted by Gasteiger charge is 2.28. The molecular weight excluding hydrogens is 272 g/mol. The van der Waals surface area contributed by atoms with Gasteiger partial charge in [0.05, 0.1) is 30.1 Å². The van der Waals surface area contributed by atoms with Crippen LogP contribution in [0.25, 0.3) is 0 Å². The smallest absolute Gasteiger partial charge is 0.147 e. The maximum Gasteiger partial charge on any atom is 0.147 e. The first-order valence-corrected chi connectivity index (χ1v) is 7.64. The number of rotatable bonds is 7. The second-order valence-electron chi connectivity index (χ2n) is 4.00. The van der Waals surface area contributed by atoms with Gasteiger partial charge in [0.2, 0.25) is 0 Å². The largest absolute Gasteiger partial charge is 0.395 e. The average molecular weight is 290 g/mol. The van der Waals surface area contributed by atoms with E-state index in [1.54, 1.807) is 30.2 Å². The quantitative estimate of drug-likeness (QED) is 0.617. The molecule has 0 aromatic carbocycles. The fourth-order valence-electron chi connectivity index (χ4n) is 1.81. The van der Waals surface area contributed by atoms with E-state index in [9.17, 15) is 5.11 Å². The Morgan fingerprint density at radius 3 is 3.11 bits per heavy atom. The van der Waals surface area contributed by atoms with Gasteiger partial charge in [-0.2, -0.15) is 0 Å². The van der Waals surface area contributed by atoms with Crippen LogP contribution in [0.3, 0.4) is 0 Å². The van der Waals surface area contributed by atoms with Gasteiger partial charge >= 0.3 is 0 Å². The van der Waals surface area contributed by atoms with Crippen LogP contribution in [0.2, 0.25) is 0 Å². The van der Waals surface area contributed by atoms with Crippen LogP contribution in [0.1, 0.15) is 18.1 Å². The van der Waals surface area contributed by atoms with E-state index in [0.29, 0.717) is 13.2 Å². The molecule has 0 spiro atoms. The van der Waals surface area contributed by atoms with Gasteiger partial charge in [-0.25, -0.2) is 0 Å². The van der Waals surface area contributed by atoms with Crippen molar-refractivity contribution in [3.63, 3.8) is 0 Å². The van der Waals surface area contributed by atoms with Crippen LogP contribution in [-0.4, -0.2) is 44.1 Å². The molecule has 18 heavy (non-hydrogen) atoms. The minimum Gasteiger partial charge on any atom is -0.395 e. The molecule has 102 valence electrons. The fourth-order valence-corrected chi connectivity index (χ4v) is 4.26. The summed E-state index contributed by atoms with van der Waals surface area (Å²) >= 11 is 3.45. The van der Waals surface area contributed by atoms with Crippen molar-refractivity contribution < 1.29 is 19.3 Å². The molecule has 0 radical (unpaired) electrons. The Morgan fingerprint density at radius 2 is 2.33 bits per heavy atom. The molecule has 1 aliphatic heterocycles. The number of thioether (sulfide) groups is 1. The molecule has 0 fully saturated rings. The first-order chi connectivity index (χ1) is 8.85. The molecule has 0 aliphatic carbocycles. The first-order valence-electron chi connectivity index (χ1n) is 5.88. The molecule has 2 heterocycles. The van der Waals surface area contributed by atoms with Crippen molar-refractivity contribution in [1.82, 2.24) is 0 Å². The van der Waals surface area contributed by atoms with Gasteiger partial charge in [-0.15, -0.1) is 23.1 Å². The summed E-state index contributed by atoms with van der Waals surface area (Å²) in [4.78, 5) is 0. The average Bonchev–Trinajstić information content (AvgIpc) is 2.86. The Hall–Kier alpha value is -0.110. The monoisotopic (exact) mass is 290 g/mol. The summed E-state index contributed by atoms with van der Waals surface area (Å²) in [5.74, 6) is 0. The Balaban J connectivity index is 1.84. The third-order valence-electron chi connectivity index (χ3n) is 2.74. The van der Waals surface area contributed by atoms with Crippen LogP contribution >= 0.6 is 23.1 Å². The maximum atomic E-state index is 9.29. The summed E-state index contributed by atoms with van der Waals surface area (Å²) in [6.07, 6.45) is 0.866. The number of ether oxygens (including phenoxy) is 3. The topological polar surface area (TPSA) is 47.9 Å². The molecule has 1 aromatic rings. The van der Waals surface area contributed by atoms with Crippen molar-refractivity contribution in [2.45, 2.75) is 22.0 Å². The van der Waals surface area contributed by atoms with Crippen LogP contribution < -0.4 is 0 Å². The molecule has 0 bridgehead atoms. The van der Waals surface area contributed by atoms with E-state index >= 15 is 0 Å². The third kappa shape index (κ3) is 3.69. The number of aliphatic hydroxyl groups is 1. The van der Waals surface area contributed by atoms with E-state index in [2.05, 4.69) is 11.4 Å². The Kier molecular flexibility index (Phi) is 5.94. The minimum absolute atomic E-state index is 0.0344. The number of hydrogen-bond acceptors (Lipinski definition) is 6. The molecule has 2 atom stereocenters. The molecule has 2 rings (SSSR count). The molecule has 1 N–H and O–H groups in total. The van der Waals surface area contributed by atoms with Crippen molar-refractivity contribution >= 4 is 23.1 Å². The molecule has 2 unspecified atom stereocenters. The SMILES string of the molecule is COCCOCOC1CC(CO)Sc2sccc21. The van der Waals surface area contributed by atoms with E-state index < -0.39 is 0 Å². The van der Waals surface area contributed by atoms with Gasteiger partial charge in [0, 0.05) is 17.9 Å². The van der Waals surface area contributed by atoms with Gasteiger partial charge in [-0.05, 0) is 17.9 Å². The second-order valence-corrected chi connectivity index (χ2v) is 6.48. The van der Waals surface area contributed by atoms with Crippen LogP contribution in [-0.2, 0) is 14.2 Å². The molecule has 0 saturated carbocycles. The van der Waals surface area contributed by atoms with Crippen LogP contribution in [0, 0.1) is 0 Å². The lowest BCUT2D eigenvalue weighted by Gasteiger charge is -2.27. The normalized spacial score (nSPS) is 23.0. The number of methoxy groups -OCH3 is 1. The van der Waals surface area contributed by atoms with Crippen molar-refractivity contribution in [3.8, 4) is 0 Å². The zero-order valence-corrected chi connectivity index (χ0v) is 12.0. The minimum atomic E-state index is 0.0344. The first kappa shape index (κ1) is 14.3. The summed E-state index contributed by atoms with van der Waals surface area (Å²) in [6.45, 7) is 1.57. The van der Waals surface area contributed by atoms with Crippen molar-refractivity contribution in [1.29, 1.82) is 0 Å². The highest BCUT2D eigenvalue weighted by Crippen LogP contribution is 2.45. The standard InChI is InChI=1S/C12H18O4S2/c1-14-3-4-15-8-16-11-6-9(7-13)18-12-10(11)2-5-17-12/h2,5,9,11,13H,3-4,6-8H2,1H3. The molecule has 1 aliphatic rings. The van der Waals surface area contributed by atoms with Crippen LogP contribution in [0.15, 0.2) is 15.7 Å². The number of fused-ring (bicyclic) bond motifs is 1. The van der Waals surface area contributed by atoms with Crippen LogP contribution in [0.4, 0.5) is 0 Å². The molecule has 4 nitrogen and oxygen atoms in total. The Morgan fingerprint density at radius 1 is 1.44 bits per heavy atom. The summed E-state index contributed by atoms with van der Waals surface area (Å²) in [6, 6.07) is 2.10. The summed E-state index contributed by atoms with van der Waals surface area (Å²) < 4.78 is 17.2. The lowest BCUT2D eigenvalue weighted by Crippen LogP contribution is -2.21. The lowest BCUT2D eigenvalue weighted by molar-refractivity contribution is -0.102. The zero-order chi connectivity index (χ0) is 12.8. The van der Waals surface area contributed by atoms with Gasteiger partial charge in [-0.3, -0.25) is 0 Å². The summed E-state index contributed by atoms with van der Waals surface area (Å²) in [5.41, 5.74) is 1.23. The Labute approximate surface area is 115 Å². The van der Waals surface area contributed by atoms with E-state index in [-0.39, 0.29) is 24.8 Å². The van der Waals surface area contributed by atoms with Gasteiger partial charge in [-0.1, -0.05) is 0 Å². The number of aliphatic hydroxyl groups excluding tert-OH is 1. The van der Waals surface area contributed by atoms with E-state index in [4.69, 9.17) is 14.2 Å². The molecular formula is C12H18O4S2. The van der Waals surface area contributed by atoms with Gasteiger partial charge in [0.25, 0.3) is 0 Å². The zero-order valence-electron chi connectivity index (χ0n) is 10.3. The third-order valence-corrected chi connectivity index (χ3v) is 5.17. The highest BCUT2D eigenvalue weighted by atomic mass is 32.2. The lowest BCUT2D eigenvalue weighted by atomic mass is 10.1. The molecule has 6 heteroatoms. The van der Waals surface area contributed by atoms with Gasteiger partial charge < -0.3 is 19.3 Å². The number of hydrogen-bond donors (Lipinski definition) is 1. The van der Waals surface area contributed by atoms with E-state index in [1.165, 1.54) is 9.77 Å². The molecule has 0 saturated heterocycles. The van der Waals surface area contributed by atoms with E-state index in [1.807, 2.05) is 0 Å². The second kappa shape index (κ2) is 7.47. The number of thiophene rings is 1. The van der Waals surface area contributed by atoms with Gasteiger partial charge in [0.15, 0.2) is 0 Å². The molecule has 1 aromatic heterocycles. The maximum absolute atomic E-state index is 9.29. The van der Waals surface area contributed by atoms with Crippen molar-refractivity contribution in [2.75, 3.05) is 33.7 Å². The van der Waals surface area contributed by atoms with Gasteiger partial charge in [0.1, 0.15) is 6.79 Å². The highest BCUT2D eigenvalue weighted by molar-refractivity contribution is 8.01. The fraction of sp³-hybridized carbons (Fsp3) is 0.667.